The van der Waals surface area contributed by atoms with Gasteiger partial charge in [0.25, 0.3) is 10.0 Å². The smallest absolute Gasteiger partial charge is 0.268 e. The third kappa shape index (κ3) is 3.45. The highest BCUT2D eigenvalue weighted by atomic mass is 32.2. The van der Waals surface area contributed by atoms with Crippen molar-refractivity contribution in [2.24, 2.45) is 0 Å². The summed E-state index contributed by atoms with van der Waals surface area (Å²) in [6.07, 6.45) is 1.48. The lowest BCUT2D eigenvalue weighted by Crippen LogP contribution is -2.12. The lowest BCUT2D eigenvalue weighted by molar-refractivity contribution is 0.340. The predicted molar refractivity (Wildman–Crippen MR) is 117 cm³/mol. The lowest BCUT2D eigenvalue weighted by Gasteiger charge is -2.09. The highest BCUT2D eigenvalue weighted by Crippen LogP contribution is 2.32. The van der Waals surface area contributed by atoms with Crippen LogP contribution in [0.5, 0.6) is 5.75 Å². The van der Waals surface area contributed by atoms with Gasteiger partial charge in [0, 0.05) is 17.3 Å². The number of benzene rings is 3. The van der Waals surface area contributed by atoms with Crippen LogP contribution < -0.4 is 4.74 Å². The van der Waals surface area contributed by atoms with E-state index in [4.69, 9.17) is 4.74 Å². The first kappa shape index (κ1) is 19.7. The maximum atomic E-state index is 13.5. The Morgan fingerprint density at radius 2 is 1.72 bits per heavy atom. The molecule has 150 valence electrons. The zero-order valence-corrected chi connectivity index (χ0v) is 17.8. The summed E-state index contributed by atoms with van der Waals surface area (Å²) in [7, 11) is -5.17. The molecule has 4 rings (SSSR count). The molecule has 7 heteroatoms. The second kappa shape index (κ2) is 7.65. The van der Waals surface area contributed by atoms with E-state index < -0.39 is 20.8 Å². The van der Waals surface area contributed by atoms with Crippen LogP contribution in [0.15, 0.2) is 76.7 Å². The second-order valence-electron chi connectivity index (χ2n) is 6.55. The van der Waals surface area contributed by atoms with Crippen molar-refractivity contribution in [1.82, 2.24) is 3.97 Å². The molecule has 4 aromatic rings. The van der Waals surface area contributed by atoms with E-state index in [1.165, 1.54) is 10.2 Å². The minimum atomic E-state index is -3.86. The highest BCUT2D eigenvalue weighted by Gasteiger charge is 2.23. The van der Waals surface area contributed by atoms with Crippen molar-refractivity contribution >= 4 is 42.5 Å². The number of ether oxygens (including phenoxy) is 1. The predicted octanol–water partition coefficient (Wildman–Crippen LogP) is 4.56. The van der Waals surface area contributed by atoms with Crippen LogP contribution >= 0.6 is 0 Å². The zero-order chi connectivity index (χ0) is 20.6. The Labute approximate surface area is 172 Å². The molecule has 0 amide bonds. The molecule has 0 saturated carbocycles. The molecule has 0 aliphatic carbocycles. The van der Waals surface area contributed by atoms with Crippen molar-refractivity contribution in [2.75, 3.05) is 12.4 Å². The van der Waals surface area contributed by atoms with Crippen LogP contribution in [0.25, 0.3) is 21.7 Å². The van der Waals surface area contributed by atoms with Gasteiger partial charge in [-0.15, -0.1) is 0 Å². The SMILES string of the molecule is CCOc1ccc2c(c1)c(S(=O)CC)cn2S(=O)(=O)c1ccc2ccccc2c1. The van der Waals surface area contributed by atoms with E-state index in [9.17, 15) is 12.6 Å². The number of hydrogen-bond acceptors (Lipinski definition) is 4. The summed E-state index contributed by atoms with van der Waals surface area (Å²) in [5.74, 6) is 1.02. The van der Waals surface area contributed by atoms with Crippen LogP contribution in [0.2, 0.25) is 0 Å². The third-order valence-corrected chi connectivity index (χ3v) is 7.81. The van der Waals surface area contributed by atoms with Crippen molar-refractivity contribution in [3.05, 3.63) is 66.9 Å². The van der Waals surface area contributed by atoms with Crippen molar-refractivity contribution in [2.45, 2.75) is 23.6 Å². The quantitative estimate of drug-likeness (QED) is 0.453. The molecule has 0 saturated heterocycles. The molecule has 5 nitrogen and oxygen atoms in total. The van der Waals surface area contributed by atoms with E-state index in [-0.39, 0.29) is 4.90 Å². The van der Waals surface area contributed by atoms with E-state index in [0.29, 0.717) is 33.9 Å². The molecule has 3 aromatic carbocycles. The highest BCUT2D eigenvalue weighted by molar-refractivity contribution is 7.90. The number of rotatable bonds is 6. The summed E-state index contributed by atoms with van der Waals surface area (Å²) in [6, 6.07) is 17.9. The Bertz CT molecular complexity index is 1340. The third-order valence-electron chi connectivity index (χ3n) is 4.80. The monoisotopic (exact) mass is 427 g/mol. The first-order chi connectivity index (χ1) is 14.0. The molecule has 0 N–H and O–H groups in total. The van der Waals surface area contributed by atoms with E-state index >= 15 is 0 Å². The Morgan fingerprint density at radius 3 is 2.45 bits per heavy atom. The van der Waals surface area contributed by atoms with Gasteiger partial charge >= 0.3 is 0 Å². The molecule has 0 aliphatic rings. The number of hydrogen-bond donors (Lipinski definition) is 0. The minimum Gasteiger partial charge on any atom is -0.494 e. The molecule has 1 atom stereocenters. The van der Waals surface area contributed by atoms with Gasteiger partial charge in [-0.2, -0.15) is 0 Å². The van der Waals surface area contributed by atoms with Gasteiger partial charge in [0.05, 0.1) is 32.7 Å². The average molecular weight is 428 g/mol. The van der Waals surface area contributed by atoms with Crippen molar-refractivity contribution in [1.29, 1.82) is 0 Å². The van der Waals surface area contributed by atoms with Gasteiger partial charge in [-0.3, -0.25) is 4.21 Å². The molecule has 0 radical (unpaired) electrons. The molecular weight excluding hydrogens is 406 g/mol. The molecule has 0 fully saturated rings. The number of aromatic nitrogens is 1. The maximum absolute atomic E-state index is 13.5. The fourth-order valence-electron chi connectivity index (χ4n) is 3.38. The molecule has 1 aromatic heterocycles. The van der Waals surface area contributed by atoms with Crippen LogP contribution in [0.4, 0.5) is 0 Å². The van der Waals surface area contributed by atoms with Crippen LogP contribution in [0.3, 0.4) is 0 Å². The first-order valence-corrected chi connectivity index (χ1v) is 12.1. The second-order valence-corrected chi connectivity index (χ2v) is 10.1. The summed E-state index contributed by atoms with van der Waals surface area (Å²) in [6.45, 7) is 4.18. The van der Waals surface area contributed by atoms with Crippen LogP contribution in [0.1, 0.15) is 13.8 Å². The zero-order valence-electron chi connectivity index (χ0n) is 16.2. The van der Waals surface area contributed by atoms with Crippen LogP contribution in [-0.4, -0.2) is 29.0 Å². The first-order valence-electron chi connectivity index (χ1n) is 9.36. The molecule has 0 spiro atoms. The lowest BCUT2D eigenvalue weighted by atomic mass is 10.1. The summed E-state index contributed by atoms with van der Waals surface area (Å²) in [5.41, 5.74) is 0.485. The van der Waals surface area contributed by atoms with E-state index in [1.54, 1.807) is 36.4 Å². The van der Waals surface area contributed by atoms with E-state index in [1.807, 2.05) is 38.1 Å². The Morgan fingerprint density at radius 1 is 0.966 bits per heavy atom. The summed E-state index contributed by atoms with van der Waals surface area (Å²) in [5, 5.41) is 2.44. The van der Waals surface area contributed by atoms with E-state index in [0.717, 1.165) is 10.8 Å². The minimum absolute atomic E-state index is 0.191. The summed E-state index contributed by atoms with van der Waals surface area (Å²) >= 11 is 0. The molecule has 29 heavy (non-hydrogen) atoms. The van der Waals surface area contributed by atoms with Gasteiger partial charge in [-0.05, 0) is 48.0 Å². The average Bonchev–Trinajstić information content (AvgIpc) is 3.13. The van der Waals surface area contributed by atoms with Gasteiger partial charge in [-0.1, -0.05) is 37.3 Å². The fraction of sp³-hybridized carbons (Fsp3) is 0.182. The Kier molecular flexibility index (Phi) is 5.19. The van der Waals surface area contributed by atoms with Crippen LogP contribution in [0, 0.1) is 0 Å². The van der Waals surface area contributed by atoms with E-state index in [2.05, 4.69) is 0 Å². The van der Waals surface area contributed by atoms with Crippen LogP contribution in [-0.2, 0) is 20.8 Å². The summed E-state index contributed by atoms with van der Waals surface area (Å²) in [4.78, 5) is 0.684. The van der Waals surface area contributed by atoms with Crippen molar-refractivity contribution in [3.8, 4) is 5.75 Å². The van der Waals surface area contributed by atoms with Crippen molar-refractivity contribution < 1.29 is 17.4 Å². The molecule has 0 aliphatic heterocycles. The Balaban J connectivity index is 1.94. The van der Waals surface area contributed by atoms with Gasteiger partial charge in [-0.25, -0.2) is 12.4 Å². The number of nitrogens with zero attached hydrogens (tertiary/aromatic N) is 1. The Hall–Kier alpha value is -2.64. The summed E-state index contributed by atoms with van der Waals surface area (Å²) < 4.78 is 46.3. The van der Waals surface area contributed by atoms with Gasteiger partial charge in [0.15, 0.2) is 0 Å². The largest absolute Gasteiger partial charge is 0.494 e. The van der Waals surface area contributed by atoms with Gasteiger partial charge in [0.2, 0.25) is 0 Å². The fourth-order valence-corrected chi connectivity index (χ4v) is 5.80. The standard InChI is InChI=1S/C22H21NO4S2/c1-3-27-18-10-12-21-20(14-18)22(28(24)4-2)15-23(21)29(25,26)19-11-9-16-7-5-6-8-17(16)13-19/h5-15H,3-4H2,1-2H3. The molecule has 1 unspecified atom stereocenters. The molecule has 1 heterocycles. The van der Waals surface area contributed by atoms with Gasteiger partial charge in [0.1, 0.15) is 5.75 Å². The normalized spacial score (nSPS) is 13.0. The van der Waals surface area contributed by atoms with Crippen molar-refractivity contribution in [3.63, 3.8) is 0 Å². The van der Waals surface area contributed by atoms with Gasteiger partial charge < -0.3 is 4.74 Å². The maximum Gasteiger partial charge on any atom is 0.268 e. The molecule has 0 bridgehead atoms. The topological polar surface area (TPSA) is 65.4 Å². The molecular formula is C22H21NO4S2. The number of fused-ring (bicyclic) bond motifs is 2.